The molecule has 0 aliphatic carbocycles. The molecule has 0 bridgehead atoms. The molecular formula is C35H42Cl2N6O4. The van der Waals surface area contributed by atoms with Crippen LogP contribution in [0.1, 0.15) is 55.1 Å². The molecule has 47 heavy (non-hydrogen) atoms. The van der Waals surface area contributed by atoms with E-state index in [1.54, 1.807) is 19.9 Å². The van der Waals surface area contributed by atoms with E-state index in [9.17, 15) is 14.7 Å². The first-order valence-electron chi connectivity index (χ1n) is 15.9. The molecular weight excluding hydrogens is 639 g/mol. The monoisotopic (exact) mass is 680 g/mol. The number of ether oxygens (including phenoxy) is 1. The number of hydrogen-bond donors (Lipinski definition) is 3. The van der Waals surface area contributed by atoms with Crippen LogP contribution in [0.3, 0.4) is 0 Å². The lowest BCUT2D eigenvalue weighted by Crippen LogP contribution is -2.44. The van der Waals surface area contributed by atoms with Gasteiger partial charge in [0.15, 0.2) is 0 Å². The Balaban J connectivity index is 1.41. The molecule has 3 heterocycles. The van der Waals surface area contributed by atoms with E-state index in [2.05, 4.69) is 29.0 Å². The van der Waals surface area contributed by atoms with Crippen molar-refractivity contribution >= 4 is 35.0 Å². The number of carbonyl (C=O) groups is 2. The second-order valence-corrected chi connectivity index (χ2v) is 13.6. The number of rotatable bonds is 9. The van der Waals surface area contributed by atoms with Crippen molar-refractivity contribution in [2.24, 2.45) is 5.73 Å². The number of carbonyl (C=O) groups excluding carboxylic acids is 2. The molecule has 4 N–H and O–H groups in total. The van der Waals surface area contributed by atoms with Crippen LogP contribution in [-0.2, 0) is 40.4 Å². The first-order valence-corrected chi connectivity index (χ1v) is 16.7. The number of amides is 2. The van der Waals surface area contributed by atoms with Crippen molar-refractivity contribution in [3.05, 3.63) is 74.4 Å². The van der Waals surface area contributed by atoms with Crippen molar-refractivity contribution < 1.29 is 19.4 Å². The predicted octanol–water partition coefficient (Wildman–Crippen LogP) is 3.60. The zero-order chi connectivity index (χ0) is 33.7. The van der Waals surface area contributed by atoms with Crippen molar-refractivity contribution in [1.82, 2.24) is 24.9 Å². The Morgan fingerprint density at radius 2 is 1.91 bits per heavy atom. The zero-order valence-corrected chi connectivity index (χ0v) is 28.6. The van der Waals surface area contributed by atoms with E-state index in [4.69, 9.17) is 38.8 Å². The van der Waals surface area contributed by atoms with Gasteiger partial charge in [0.25, 0.3) is 0 Å². The Morgan fingerprint density at radius 1 is 1.13 bits per heavy atom. The van der Waals surface area contributed by atoms with Gasteiger partial charge in [-0.3, -0.25) is 19.2 Å². The summed E-state index contributed by atoms with van der Waals surface area (Å²) in [6, 6.07) is 11.6. The fourth-order valence-corrected chi connectivity index (χ4v) is 6.30. The van der Waals surface area contributed by atoms with Crippen LogP contribution in [0, 0.1) is 11.8 Å². The minimum absolute atomic E-state index is 0.242. The maximum atomic E-state index is 12.6. The smallest absolute Gasteiger partial charge is 0.311 e. The Morgan fingerprint density at radius 3 is 2.66 bits per heavy atom. The van der Waals surface area contributed by atoms with E-state index < -0.39 is 17.4 Å². The van der Waals surface area contributed by atoms with Gasteiger partial charge in [0.1, 0.15) is 0 Å². The van der Waals surface area contributed by atoms with Crippen LogP contribution in [0.4, 0.5) is 0 Å². The van der Waals surface area contributed by atoms with Gasteiger partial charge >= 0.3 is 11.8 Å². The summed E-state index contributed by atoms with van der Waals surface area (Å²) in [4.78, 5) is 28.2. The van der Waals surface area contributed by atoms with Crippen molar-refractivity contribution in [2.75, 3.05) is 39.4 Å². The Bertz CT molecular complexity index is 1690. The summed E-state index contributed by atoms with van der Waals surface area (Å²) in [6.07, 6.45) is 1.48. The van der Waals surface area contributed by atoms with Crippen LogP contribution in [0.5, 0.6) is 0 Å². The Kier molecular flexibility index (Phi) is 11.3. The van der Waals surface area contributed by atoms with E-state index in [-0.39, 0.29) is 6.54 Å². The van der Waals surface area contributed by atoms with E-state index in [1.165, 1.54) is 4.90 Å². The van der Waals surface area contributed by atoms with Gasteiger partial charge < -0.3 is 25.8 Å². The number of morpholine rings is 1. The summed E-state index contributed by atoms with van der Waals surface area (Å²) in [6.45, 7) is 11.3. The third kappa shape index (κ3) is 8.93. The standard InChI is InChI=1S/C35H42Cl2N6O4/c1-23-21-47-16-15-41(23)12-4-13-43-31-11-14-42(34(45)33(38)44)20-28(31)32(40-43)26-8-10-29(36)25(18-26)7-5-24-6-9-30(37)27(17-24)19-39-22-35(2,3)46/h6,8-10,17-18,23,39,46H,4,11-16,19-22H2,1-3H3,(H2,38,44)/t23-/m0/s1. The maximum Gasteiger partial charge on any atom is 0.311 e. The summed E-state index contributed by atoms with van der Waals surface area (Å²) < 4.78 is 7.63. The van der Waals surface area contributed by atoms with Crippen LogP contribution >= 0.6 is 23.2 Å². The molecule has 5 rings (SSSR count). The number of fused-ring (bicyclic) bond motifs is 1. The van der Waals surface area contributed by atoms with Crippen LogP contribution in [0.2, 0.25) is 10.0 Å². The number of aryl methyl sites for hydroxylation is 1. The quantitative estimate of drug-likeness (QED) is 0.233. The molecule has 1 atom stereocenters. The Hall–Kier alpha value is -3.43. The van der Waals surface area contributed by atoms with Gasteiger partial charge in [-0.2, -0.15) is 5.10 Å². The molecule has 2 aliphatic heterocycles. The molecule has 250 valence electrons. The van der Waals surface area contributed by atoms with Crippen LogP contribution in [0.15, 0.2) is 36.4 Å². The molecule has 0 spiro atoms. The lowest BCUT2D eigenvalue weighted by atomic mass is 9.99. The molecule has 0 unspecified atom stereocenters. The fraction of sp³-hybridized carbons (Fsp3) is 0.457. The summed E-state index contributed by atoms with van der Waals surface area (Å²) >= 11 is 13.0. The van der Waals surface area contributed by atoms with E-state index in [0.717, 1.165) is 72.9 Å². The molecule has 2 aliphatic rings. The van der Waals surface area contributed by atoms with Crippen LogP contribution < -0.4 is 11.1 Å². The van der Waals surface area contributed by atoms with Gasteiger partial charge in [-0.05, 0) is 63.1 Å². The molecule has 12 heteroatoms. The van der Waals surface area contributed by atoms with Crippen molar-refractivity contribution in [2.45, 2.75) is 64.9 Å². The van der Waals surface area contributed by atoms with Crippen LogP contribution in [-0.4, -0.2) is 87.5 Å². The number of nitrogens with one attached hydrogen (secondary N) is 1. The third-order valence-electron chi connectivity index (χ3n) is 8.45. The summed E-state index contributed by atoms with van der Waals surface area (Å²) in [5.74, 6) is 4.75. The largest absolute Gasteiger partial charge is 0.389 e. The topological polar surface area (TPSA) is 126 Å². The number of nitrogens with zero attached hydrogens (tertiary/aromatic N) is 4. The molecule has 2 aromatic carbocycles. The molecule has 10 nitrogen and oxygen atoms in total. The summed E-state index contributed by atoms with van der Waals surface area (Å²) in [5.41, 5.74) is 10.3. The van der Waals surface area contributed by atoms with Crippen LogP contribution in [0.25, 0.3) is 11.3 Å². The molecule has 1 fully saturated rings. The highest BCUT2D eigenvalue weighted by molar-refractivity contribution is 6.34. The molecule has 0 radical (unpaired) electrons. The molecule has 0 saturated carbocycles. The SMILES string of the molecule is C[C@H]1COCCN1CCCn1nc(-c2ccc(Cl)c(C#Cc3ccc(Cl)c(CNCC(C)(C)O)c3)c2)c2c1CCN(C(=O)C(N)=O)C2. The summed E-state index contributed by atoms with van der Waals surface area (Å²) in [7, 11) is 0. The number of halogens is 2. The highest BCUT2D eigenvalue weighted by atomic mass is 35.5. The molecule has 2 amide bonds. The average Bonchev–Trinajstić information content (AvgIpc) is 3.39. The number of nitrogens with two attached hydrogens (primary N) is 1. The second-order valence-electron chi connectivity index (χ2n) is 12.8. The molecule has 3 aromatic rings. The van der Waals surface area contributed by atoms with Crippen molar-refractivity contribution in [3.63, 3.8) is 0 Å². The number of aliphatic hydroxyl groups is 1. The van der Waals surface area contributed by atoms with Gasteiger partial charge in [0, 0.05) is 84.7 Å². The van der Waals surface area contributed by atoms with Gasteiger partial charge in [-0.1, -0.05) is 41.1 Å². The van der Waals surface area contributed by atoms with Crippen molar-refractivity contribution in [1.29, 1.82) is 0 Å². The van der Waals surface area contributed by atoms with E-state index in [1.807, 2.05) is 35.0 Å². The first-order chi connectivity index (χ1) is 22.4. The highest BCUT2D eigenvalue weighted by Gasteiger charge is 2.30. The average molecular weight is 682 g/mol. The maximum absolute atomic E-state index is 12.6. The normalized spacial score (nSPS) is 16.8. The molecule has 1 aromatic heterocycles. The van der Waals surface area contributed by atoms with Crippen molar-refractivity contribution in [3.8, 4) is 23.1 Å². The Labute approximate surface area is 286 Å². The molecule has 1 saturated heterocycles. The zero-order valence-electron chi connectivity index (χ0n) is 27.1. The van der Waals surface area contributed by atoms with Gasteiger partial charge in [0.05, 0.1) is 36.1 Å². The minimum Gasteiger partial charge on any atom is -0.389 e. The number of aromatic nitrogens is 2. The minimum atomic E-state index is -0.968. The first kappa shape index (κ1) is 34.9. The second kappa shape index (κ2) is 15.2. The lowest BCUT2D eigenvalue weighted by Gasteiger charge is -2.33. The van der Waals surface area contributed by atoms with Gasteiger partial charge in [0.2, 0.25) is 0 Å². The summed E-state index contributed by atoms with van der Waals surface area (Å²) in [5, 5.41) is 19.4. The van der Waals surface area contributed by atoms with Gasteiger partial charge in [-0.15, -0.1) is 0 Å². The third-order valence-corrected chi connectivity index (χ3v) is 9.15. The number of hydrogen-bond acceptors (Lipinski definition) is 7. The fourth-order valence-electron chi connectivity index (χ4n) is 5.95. The van der Waals surface area contributed by atoms with E-state index in [0.29, 0.717) is 47.7 Å². The predicted molar refractivity (Wildman–Crippen MR) is 183 cm³/mol. The number of primary amides is 1. The number of benzene rings is 2. The highest BCUT2D eigenvalue weighted by Crippen LogP contribution is 2.32. The lowest BCUT2D eigenvalue weighted by molar-refractivity contribution is -0.144. The van der Waals surface area contributed by atoms with Gasteiger partial charge in [-0.25, -0.2) is 0 Å². The van der Waals surface area contributed by atoms with E-state index >= 15 is 0 Å².